The van der Waals surface area contributed by atoms with Crippen molar-refractivity contribution in [2.45, 2.75) is 38.3 Å². The predicted octanol–water partition coefficient (Wildman–Crippen LogP) is 5.57. The molecule has 6 nitrogen and oxygen atoms in total. The SMILES string of the molecule is CCn1c(C(C)NS(=O)(=O)c2ccc(Br)c(Br)c2)cnc1Oc1ccc(C)cc1. The molecule has 0 saturated heterocycles. The van der Waals surface area contributed by atoms with E-state index in [4.69, 9.17) is 4.74 Å². The van der Waals surface area contributed by atoms with E-state index in [1.54, 1.807) is 31.3 Å². The number of nitrogens with one attached hydrogen (secondary N) is 1. The summed E-state index contributed by atoms with van der Waals surface area (Å²) in [7, 11) is -3.71. The van der Waals surface area contributed by atoms with Crippen LogP contribution in [0.2, 0.25) is 0 Å². The third kappa shape index (κ3) is 5.09. The van der Waals surface area contributed by atoms with E-state index >= 15 is 0 Å². The van der Waals surface area contributed by atoms with Gasteiger partial charge < -0.3 is 4.74 Å². The summed E-state index contributed by atoms with van der Waals surface area (Å²) >= 11 is 6.69. The molecule has 3 aromatic rings. The lowest BCUT2D eigenvalue weighted by atomic mass is 10.2. The number of aryl methyl sites for hydroxylation is 1. The van der Waals surface area contributed by atoms with Gasteiger partial charge in [-0.05, 0) is 83.0 Å². The second-order valence-corrected chi connectivity index (χ2v) is 9.97. The van der Waals surface area contributed by atoms with Gasteiger partial charge in [0.05, 0.1) is 22.8 Å². The highest BCUT2D eigenvalue weighted by Gasteiger charge is 2.23. The first-order valence-electron chi connectivity index (χ1n) is 8.98. The molecule has 0 aliphatic rings. The minimum absolute atomic E-state index is 0.179. The summed E-state index contributed by atoms with van der Waals surface area (Å²) in [5.74, 6) is 0.676. The molecule has 0 aliphatic carbocycles. The fraction of sp³-hybridized carbons (Fsp3) is 0.250. The molecule has 1 aromatic heterocycles. The number of hydrogen-bond acceptors (Lipinski definition) is 4. The lowest BCUT2D eigenvalue weighted by Gasteiger charge is -2.17. The number of sulfonamides is 1. The number of rotatable bonds is 7. The van der Waals surface area contributed by atoms with Gasteiger partial charge >= 0.3 is 6.01 Å². The monoisotopic (exact) mass is 541 g/mol. The zero-order chi connectivity index (χ0) is 21.2. The standard InChI is InChI=1S/C20H21Br2N3O3S/c1-4-25-19(12-23-20(25)28-15-7-5-13(2)6-8-15)14(3)24-29(26,27)16-9-10-17(21)18(22)11-16/h5-12,14,24H,4H2,1-3H3. The van der Waals surface area contributed by atoms with Crippen molar-refractivity contribution in [1.82, 2.24) is 14.3 Å². The molecule has 0 saturated carbocycles. The van der Waals surface area contributed by atoms with E-state index in [0.717, 1.165) is 15.7 Å². The molecule has 0 aliphatic heterocycles. The maximum Gasteiger partial charge on any atom is 0.302 e. The molecule has 29 heavy (non-hydrogen) atoms. The van der Waals surface area contributed by atoms with Gasteiger partial charge in [0.1, 0.15) is 5.75 Å². The average Bonchev–Trinajstić information content (AvgIpc) is 3.08. The quantitative estimate of drug-likeness (QED) is 0.423. The summed E-state index contributed by atoms with van der Waals surface area (Å²) in [6.45, 7) is 6.34. The fourth-order valence-corrected chi connectivity index (χ4v) is 4.85. The summed E-state index contributed by atoms with van der Waals surface area (Å²) in [6.07, 6.45) is 1.64. The van der Waals surface area contributed by atoms with Gasteiger partial charge in [-0.1, -0.05) is 17.7 Å². The van der Waals surface area contributed by atoms with Crippen LogP contribution in [0.4, 0.5) is 0 Å². The van der Waals surface area contributed by atoms with Crippen LogP contribution < -0.4 is 9.46 Å². The number of nitrogens with zero attached hydrogens (tertiary/aromatic N) is 2. The summed E-state index contributed by atoms with van der Waals surface area (Å²) in [5.41, 5.74) is 1.86. The number of ether oxygens (including phenoxy) is 1. The Kier molecular flexibility index (Phi) is 6.83. The molecule has 0 fully saturated rings. The fourth-order valence-electron chi connectivity index (χ4n) is 2.83. The number of hydrogen-bond donors (Lipinski definition) is 1. The van der Waals surface area contributed by atoms with Crippen molar-refractivity contribution in [2.24, 2.45) is 0 Å². The highest BCUT2D eigenvalue weighted by atomic mass is 79.9. The second-order valence-electron chi connectivity index (χ2n) is 6.54. The summed E-state index contributed by atoms with van der Waals surface area (Å²) in [6, 6.07) is 12.4. The molecular formula is C20H21Br2N3O3S. The van der Waals surface area contributed by atoms with E-state index in [9.17, 15) is 8.42 Å². The molecule has 0 spiro atoms. The first-order chi connectivity index (χ1) is 13.7. The zero-order valence-electron chi connectivity index (χ0n) is 16.2. The van der Waals surface area contributed by atoms with Gasteiger partial charge in [-0.3, -0.25) is 4.57 Å². The van der Waals surface area contributed by atoms with Crippen LogP contribution in [-0.2, 0) is 16.6 Å². The number of halogens is 2. The van der Waals surface area contributed by atoms with Crippen molar-refractivity contribution in [3.05, 3.63) is 68.9 Å². The van der Waals surface area contributed by atoms with Crippen molar-refractivity contribution in [1.29, 1.82) is 0 Å². The highest BCUT2D eigenvalue weighted by molar-refractivity contribution is 9.13. The van der Waals surface area contributed by atoms with E-state index in [2.05, 4.69) is 41.6 Å². The van der Waals surface area contributed by atoms with Crippen LogP contribution in [0.25, 0.3) is 0 Å². The molecule has 1 heterocycles. The van der Waals surface area contributed by atoms with E-state index in [1.165, 1.54) is 0 Å². The van der Waals surface area contributed by atoms with Crippen molar-refractivity contribution in [3.63, 3.8) is 0 Å². The van der Waals surface area contributed by atoms with E-state index < -0.39 is 16.1 Å². The first-order valence-corrected chi connectivity index (χ1v) is 12.1. The summed E-state index contributed by atoms with van der Waals surface area (Å²) in [5, 5.41) is 0. The lowest BCUT2D eigenvalue weighted by Crippen LogP contribution is -2.28. The highest BCUT2D eigenvalue weighted by Crippen LogP contribution is 2.28. The predicted molar refractivity (Wildman–Crippen MR) is 120 cm³/mol. The van der Waals surface area contributed by atoms with E-state index in [1.807, 2.05) is 42.7 Å². The Balaban J connectivity index is 1.83. The minimum atomic E-state index is -3.71. The van der Waals surface area contributed by atoms with Crippen LogP contribution in [0, 0.1) is 6.92 Å². The maximum atomic E-state index is 12.8. The summed E-state index contributed by atoms with van der Waals surface area (Å²) in [4.78, 5) is 4.53. The van der Waals surface area contributed by atoms with Crippen molar-refractivity contribution >= 4 is 41.9 Å². The molecule has 0 radical (unpaired) electrons. The van der Waals surface area contributed by atoms with Crippen LogP contribution in [0.1, 0.15) is 31.1 Å². The number of imidazole rings is 1. The molecule has 3 rings (SSSR count). The van der Waals surface area contributed by atoms with Crippen LogP contribution in [0.15, 0.2) is 62.5 Å². The minimum Gasteiger partial charge on any atom is -0.426 e. The Bertz CT molecular complexity index is 1110. The van der Waals surface area contributed by atoms with Crippen LogP contribution in [0.3, 0.4) is 0 Å². The van der Waals surface area contributed by atoms with Crippen LogP contribution in [0.5, 0.6) is 11.8 Å². The first kappa shape index (κ1) is 22.0. The van der Waals surface area contributed by atoms with E-state index in [-0.39, 0.29) is 4.90 Å². The Labute approximate surface area is 187 Å². The summed E-state index contributed by atoms with van der Waals surface area (Å²) < 4.78 is 37.5. The van der Waals surface area contributed by atoms with Gasteiger partial charge in [0.25, 0.3) is 0 Å². The number of aromatic nitrogens is 2. The molecule has 0 bridgehead atoms. The third-order valence-corrected chi connectivity index (χ3v) is 7.79. The second kappa shape index (κ2) is 8.99. The molecule has 1 atom stereocenters. The third-order valence-electron chi connectivity index (χ3n) is 4.37. The number of benzene rings is 2. The molecule has 9 heteroatoms. The Morgan fingerprint density at radius 1 is 1.14 bits per heavy atom. The van der Waals surface area contributed by atoms with Crippen LogP contribution >= 0.6 is 31.9 Å². The molecule has 154 valence electrons. The van der Waals surface area contributed by atoms with E-state index in [0.29, 0.717) is 22.8 Å². The topological polar surface area (TPSA) is 73.2 Å². The lowest BCUT2D eigenvalue weighted by molar-refractivity contribution is 0.408. The molecule has 0 amide bonds. The van der Waals surface area contributed by atoms with Crippen molar-refractivity contribution < 1.29 is 13.2 Å². The van der Waals surface area contributed by atoms with Gasteiger partial charge in [-0.15, -0.1) is 0 Å². The Morgan fingerprint density at radius 2 is 1.83 bits per heavy atom. The van der Waals surface area contributed by atoms with Gasteiger partial charge in [0, 0.05) is 15.5 Å². The molecule has 1 N–H and O–H groups in total. The zero-order valence-corrected chi connectivity index (χ0v) is 20.2. The van der Waals surface area contributed by atoms with Crippen molar-refractivity contribution in [3.8, 4) is 11.8 Å². The largest absolute Gasteiger partial charge is 0.426 e. The molecule has 1 unspecified atom stereocenters. The Morgan fingerprint density at radius 3 is 2.45 bits per heavy atom. The average molecular weight is 543 g/mol. The van der Waals surface area contributed by atoms with Gasteiger partial charge in [0.15, 0.2) is 0 Å². The molecular weight excluding hydrogens is 522 g/mol. The smallest absolute Gasteiger partial charge is 0.302 e. The Hall–Kier alpha value is -1.68. The van der Waals surface area contributed by atoms with Gasteiger partial charge in [0.2, 0.25) is 10.0 Å². The normalized spacial score (nSPS) is 12.7. The maximum absolute atomic E-state index is 12.8. The van der Waals surface area contributed by atoms with Gasteiger partial charge in [-0.2, -0.15) is 0 Å². The molecule has 2 aromatic carbocycles. The van der Waals surface area contributed by atoms with Crippen LogP contribution in [-0.4, -0.2) is 18.0 Å². The van der Waals surface area contributed by atoms with Gasteiger partial charge in [-0.25, -0.2) is 18.1 Å². The van der Waals surface area contributed by atoms with Crippen molar-refractivity contribution in [2.75, 3.05) is 0 Å².